The number of hydrogen-bond donors (Lipinski definition) is 3. The Labute approximate surface area is 210 Å². The van der Waals surface area contributed by atoms with Crippen LogP contribution in [0, 0.1) is 35.9 Å². The molecule has 0 unspecified atom stereocenters. The van der Waals surface area contributed by atoms with Crippen molar-refractivity contribution in [2.24, 2.45) is 11.8 Å². The number of pyridine rings is 1. The summed E-state index contributed by atoms with van der Waals surface area (Å²) in [5.74, 6) is -1.65. The van der Waals surface area contributed by atoms with Gasteiger partial charge in [0.25, 0.3) is 0 Å². The number of aliphatic hydroxyl groups is 2. The molecular weight excluding hydrogens is 461 g/mol. The molecule has 4 atom stereocenters. The molecule has 3 aromatic rings. The smallest absolute Gasteiger partial charge is 0.242 e. The molecule has 1 aliphatic rings. The van der Waals surface area contributed by atoms with Gasteiger partial charge < -0.3 is 20.1 Å². The minimum atomic E-state index is -1.49. The Morgan fingerprint density at radius 2 is 2.03 bits per heavy atom. The SMILES string of the molecule is Cc1cc(-c2ccnc3[nH]cc(C#N)c23)cc(F)c1[C@@]1(O)[C@H](C)CN(C(=O)[C@@H](CO)N(C)C)C[C@@H]1C. The lowest BCUT2D eigenvalue weighted by Gasteiger charge is -2.49. The number of aliphatic hydroxyl groups excluding tert-OH is 1. The van der Waals surface area contributed by atoms with E-state index in [0.29, 0.717) is 33.3 Å². The Hall–Kier alpha value is -3.32. The van der Waals surface area contributed by atoms with E-state index < -0.39 is 29.3 Å². The first kappa shape index (κ1) is 25.8. The molecule has 8 nitrogen and oxygen atoms in total. The first-order chi connectivity index (χ1) is 17.0. The molecule has 3 heterocycles. The molecule has 1 amide bonds. The summed E-state index contributed by atoms with van der Waals surface area (Å²) in [6.07, 6.45) is 3.19. The van der Waals surface area contributed by atoms with E-state index in [4.69, 9.17) is 0 Å². The minimum Gasteiger partial charge on any atom is -0.394 e. The fourth-order valence-electron chi connectivity index (χ4n) is 5.64. The number of aromatic amines is 1. The van der Waals surface area contributed by atoms with Crippen LogP contribution in [0.4, 0.5) is 4.39 Å². The maximum absolute atomic E-state index is 15.9. The average molecular weight is 494 g/mol. The molecule has 0 saturated carbocycles. The van der Waals surface area contributed by atoms with Crippen molar-refractivity contribution in [1.82, 2.24) is 19.8 Å². The maximum Gasteiger partial charge on any atom is 0.242 e. The zero-order valence-corrected chi connectivity index (χ0v) is 21.2. The number of nitrogens with one attached hydrogen (secondary N) is 1. The number of likely N-dealkylation sites (N-methyl/N-ethyl adjacent to an activating group) is 1. The predicted octanol–water partition coefficient (Wildman–Crippen LogP) is 2.77. The third-order valence-corrected chi connectivity index (χ3v) is 7.58. The number of benzene rings is 1. The van der Waals surface area contributed by atoms with Gasteiger partial charge in [0.2, 0.25) is 5.91 Å². The topological polar surface area (TPSA) is 116 Å². The van der Waals surface area contributed by atoms with Crippen LogP contribution in [0.2, 0.25) is 0 Å². The van der Waals surface area contributed by atoms with Gasteiger partial charge in [-0.15, -0.1) is 0 Å². The highest BCUT2D eigenvalue weighted by Gasteiger charge is 2.49. The first-order valence-corrected chi connectivity index (χ1v) is 12.0. The van der Waals surface area contributed by atoms with E-state index in [1.807, 2.05) is 19.9 Å². The number of H-pyrrole nitrogens is 1. The summed E-state index contributed by atoms with van der Waals surface area (Å²) < 4.78 is 15.9. The summed E-state index contributed by atoms with van der Waals surface area (Å²) in [5.41, 5.74) is 1.56. The third kappa shape index (κ3) is 4.05. The highest BCUT2D eigenvalue weighted by Crippen LogP contribution is 2.45. The monoisotopic (exact) mass is 493 g/mol. The van der Waals surface area contributed by atoms with E-state index in [0.717, 1.165) is 0 Å². The van der Waals surface area contributed by atoms with Gasteiger partial charge in [0.15, 0.2) is 0 Å². The summed E-state index contributed by atoms with van der Waals surface area (Å²) in [6, 6.07) is 6.44. The lowest BCUT2D eigenvalue weighted by molar-refractivity contribution is -0.154. The zero-order valence-electron chi connectivity index (χ0n) is 21.2. The Morgan fingerprint density at radius 1 is 1.36 bits per heavy atom. The Bertz CT molecular complexity index is 1310. The molecule has 0 spiro atoms. The van der Waals surface area contributed by atoms with Crippen LogP contribution in [0.5, 0.6) is 0 Å². The van der Waals surface area contributed by atoms with E-state index in [-0.39, 0.29) is 31.2 Å². The highest BCUT2D eigenvalue weighted by molar-refractivity contribution is 5.97. The number of hydrogen-bond acceptors (Lipinski definition) is 6. The van der Waals surface area contributed by atoms with Gasteiger partial charge in [-0.1, -0.05) is 19.9 Å². The molecule has 2 aromatic heterocycles. The molecule has 190 valence electrons. The number of piperidine rings is 1. The number of carbonyl (C=O) groups excluding carboxylic acids is 1. The second-order valence-electron chi connectivity index (χ2n) is 10.1. The van der Waals surface area contributed by atoms with Crippen molar-refractivity contribution < 1.29 is 19.4 Å². The lowest BCUT2D eigenvalue weighted by Crippen LogP contribution is -2.59. The molecule has 0 bridgehead atoms. The van der Waals surface area contributed by atoms with Gasteiger partial charge in [-0.25, -0.2) is 9.37 Å². The summed E-state index contributed by atoms with van der Waals surface area (Å²) >= 11 is 0. The van der Waals surface area contributed by atoms with Crippen LogP contribution in [-0.2, 0) is 10.4 Å². The van der Waals surface area contributed by atoms with Gasteiger partial charge in [-0.05, 0) is 49.8 Å². The number of nitrogens with zero attached hydrogens (tertiary/aromatic N) is 4. The molecule has 1 saturated heterocycles. The second-order valence-corrected chi connectivity index (χ2v) is 10.1. The number of amides is 1. The molecule has 0 radical (unpaired) electrons. The molecule has 4 rings (SSSR count). The van der Waals surface area contributed by atoms with Crippen molar-refractivity contribution in [1.29, 1.82) is 5.26 Å². The number of likely N-dealkylation sites (tertiary alicyclic amines) is 1. The van der Waals surface area contributed by atoms with Crippen LogP contribution in [-0.4, -0.2) is 75.7 Å². The Balaban J connectivity index is 1.72. The van der Waals surface area contributed by atoms with Crippen LogP contribution in [0.1, 0.15) is 30.5 Å². The van der Waals surface area contributed by atoms with Crippen LogP contribution in [0.3, 0.4) is 0 Å². The van der Waals surface area contributed by atoms with Crippen molar-refractivity contribution in [2.45, 2.75) is 32.4 Å². The van der Waals surface area contributed by atoms with Crippen LogP contribution < -0.4 is 0 Å². The molecular formula is C27H32FN5O3. The molecule has 1 aliphatic heterocycles. The molecule has 1 aromatic carbocycles. The molecule has 0 aliphatic carbocycles. The van der Waals surface area contributed by atoms with Gasteiger partial charge in [-0.2, -0.15) is 5.26 Å². The van der Waals surface area contributed by atoms with Gasteiger partial charge in [0.1, 0.15) is 29.2 Å². The molecule has 3 N–H and O–H groups in total. The number of rotatable bonds is 5. The van der Waals surface area contributed by atoms with E-state index in [2.05, 4.69) is 16.0 Å². The van der Waals surface area contributed by atoms with Crippen molar-refractivity contribution >= 4 is 16.9 Å². The van der Waals surface area contributed by atoms with Gasteiger partial charge in [0.05, 0.1) is 12.2 Å². The van der Waals surface area contributed by atoms with E-state index in [9.17, 15) is 20.3 Å². The van der Waals surface area contributed by atoms with Gasteiger partial charge in [-0.3, -0.25) is 9.69 Å². The number of halogens is 1. The second kappa shape index (κ2) is 9.62. The van der Waals surface area contributed by atoms with Crippen LogP contribution in [0.15, 0.2) is 30.6 Å². The summed E-state index contributed by atoms with van der Waals surface area (Å²) in [4.78, 5) is 23.6. The number of carbonyl (C=O) groups is 1. The summed E-state index contributed by atoms with van der Waals surface area (Å²) in [6.45, 7) is 5.58. The molecule has 9 heteroatoms. The standard InChI is InChI=1S/C27H32FN5O3/c1-15-8-18(20-6-7-30-25-23(20)19(10-29)11-31-25)9-21(28)24(15)27(36)16(2)12-33(13-17(27)3)26(35)22(14-34)32(4)5/h6-9,11,16-17,22,34,36H,12-14H2,1-5H3,(H,30,31)/t16-,17+,22-,27-/m1/s1. The Morgan fingerprint density at radius 3 is 2.58 bits per heavy atom. The molecule has 1 fully saturated rings. The predicted molar refractivity (Wildman–Crippen MR) is 134 cm³/mol. The fourth-order valence-corrected chi connectivity index (χ4v) is 5.64. The van der Waals surface area contributed by atoms with Crippen molar-refractivity contribution in [3.63, 3.8) is 0 Å². The molecule has 36 heavy (non-hydrogen) atoms. The largest absolute Gasteiger partial charge is 0.394 e. The van der Waals surface area contributed by atoms with Crippen molar-refractivity contribution in [3.05, 3.63) is 53.1 Å². The first-order valence-electron chi connectivity index (χ1n) is 12.0. The van der Waals surface area contributed by atoms with Gasteiger partial charge in [0, 0.05) is 48.3 Å². The third-order valence-electron chi connectivity index (χ3n) is 7.58. The lowest BCUT2D eigenvalue weighted by atomic mass is 9.69. The number of nitriles is 1. The van der Waals surface area contributed by atoms with Crippen LogP contribution >= 0.6 is 0 Å². The van der Waals surface area contributed by atoms with Crippen molar-refractivity contribution in [3.8, 4) is 17.2 Å². The fraction of sp³-hybridized carbons (Fsp3) is 0.444. The number of aromatic nitrogens is 2. The van der Waals surface area contributed by atoms with E-state index >= 15 is 4.39 Å². The van der Waals surface area contributed by atoms with Crippen molar-refractivity contribution in [2.75, 3.05) is 33.8 Å². The Kier molecular flexibility index (Phi) is 6.88. The van der Waals surface area contributed by atoms with Crippen LogP contribution in [0.25, 0.3) is 22.2 Å². The summed E-state index contributed by atoms with van der Waals surface area (Å²) in [5, 5.41) is 31.7. The zero-order chi connectivity index (χ0) is 26.4. The normalized spacial score (nSPS) is 23.2. The highest BCUT2D eigenvalue weighted by atomic mass is 19.1. The van der Waals surface area contributed by atoms with Gasteiger partial charge >= 0.3 is 0 Å². The minimum absolute atomic E-state index is 0.211. The summed E-state index contributed by atoms with van der Waals surface area (Å²) in [7, 11) is 3.46. The quantitative estimate of drug-likeness (QED) is 0.503. The van der Waals surface area contributed by atoms with E-state index in [1.54, 1.807) is 49.3 Å². The maximum atomic E-state index is 15.9. The number of fused-ring (bicyclic) bond motifs is 1. The average Bonchev–Trinajstić information content (AvgIpc) is 3.25. The van der Waals surface area contributed by atoms with E-state index in [1.165, 1.54) is 6.07 Å². The number of aryl methyl sites for hydroxylation is 1.